The molecule has 0 radical (unpaired) electrons. The molecule has 1 N–H and O–H groups in total. The molecule has 7 rings (SSSR count). The van der Waals surface area contributed by atoms with Gasteiger partial charge in [-0.1, -0.05) is 67.1 Å². The third kappa shape index (κ3) is 4.52. The summed E-state index contributed by atoms with van der Waals surface area (Å²) in [7, 11) is 0. The minimum atomic E-state index is -0.333. The van der Waals surface area contributed by atoms with E-state index in [1.807, 2.05) is 54.9 Å². The molecule has 6 aromatic rings. The van der Waals surface area contributed by atoms with Gasteiger partial charge in [0.15, 0.2) is 0 Å². The van der Waals surface area contributed by atoms with Gasteiger partial charge >= 0.3 is 0 Å². The van der Waals surface area contributed by atoms with Crippen LogP contribution in [0.3, 0.4) is 0 Å². The minimum Gasteiger partial charge on any atom is -0.366 e. The van der Waals surface area contributed by atoms with Crippen molar-refractivity contribution in [2.45, 2.75) is 26.2 Å². The molecule has 0 aliphatic heterocycles. The highest BCUT2D eigenvalue weighted by atomic mass is 35.5. The van der Waals surface area contributed by atoms with Gasteiger partial charge < -0.3 is 4.98 Å². The molecule has 188 valence electrons. The van der Waals surface area contributed by atoms with Gasteiger partial charge in [-0.15, -0.1) is 0 Å². The number of halogens is 1. The van der Waals surface area contributed by atoms with Crippen LogP contribution in [0.15, 0.2) is 97.3 Å². The standard InChI is InChI=1S/C25H20ClNO2.C8H7N/c1-15-2-9-22-17(12-15)5-10-23-21-11-8-20(27(28)29)13-18(21)14-24(25(22)23)16-3-6-19(26)7-4-16;1-2-4-8-6-9-5-7(8)3-1/h3-8,10-11,13-15H,2,9,12H2,1H3;1-6,9H. The van der Waals surface area contributed by atoms with E-state index >= 15 is 0 Å². The zero-order valence-electron chi connectivity index (χ0n) is 21.1. The highest BCUT2D eigenvalue weighted by Gasteiger charge is 2.21. The lowest BCUT2D eigenvalue weighted by Gasteiger charge is -2.25. The maximum absolute atomic E-state index is 11.3. The van der Waals surface area contributed by atoms with E-state index in [4.69, 9.17) is 11.6 Å². The molecule has 0 saturated heterocycles. The van der Waals surface area contributed by atoms with Crippen LogP contribution in [0.2, 0.25) is 5.02 Å². The first-order valence-electron chi connectivity index (χ1n) is 12.9. The molecule has 1 aromatic heterocycles. The normalized spacial score (nSPS) is 14.7. The summed E-state index contributed by atoms with van der Waals surface area (Å²) < 4.78 is 0. The SMILES string of the molecule is CC1CCc2c(ccc3c2c(-c2ccc(Cl)cc2)cc2cc([N+](=O)[O-])ccc23)C1.c1ccc2c[nH]cc2c1. The summed E-state index contributed by atoms with van der Waals surface area (Å²) >= 11 is 6.12. The lowest BCUT2D eigenvalue weighted by Crippen LogP contribution is -2.12. The molecule has 5 aromatic carbocycles. The molecule has 1 atom stereocenters. The Bertz CT molecular complexity index is 1770. The largest absolute Gasteiger partial charge is 0.366 e. The van der Waals surface area contributed by atoms with Crippen molar-refractivity contribution in [3.05, 3.63) is 124 Å². The number of aryl methyl sites for hydroxylation is 1. The van der Waals surface area contributed by atoms with Crippen molar-refractivity contribution in [2.75, 3.05) is 0 Å². The number of aromatic nitrogens is 1. The van der Waals surface area contributed by atoms with E-state index in [9.17, 15) is 10.1 Å². The fourth-order valence-electron chi connectivity index (χ4n) is 5.68. The number of non-ortho nitro benzene ring substituents is 1. The summed E-state index contributed by atoms with van der Waals surface area (Å²) in [5.74, 6) is 0.696. The van der Waals surface area contributed by atoms with Crippen LogP contribution in [0.4, 0.5) is 5.69 Å². The summed E-state index contributed by atoms with van der Waals surface area (Å²) in [6.07, 6.45) is 7.34. The third-order valence-electron chi connectivity index (χ3n) is 7.60. The molecular weight excluding hydrogens is 492 g/mol. The number of H-pyrrole nitrogens is 1. The Kier molecular flexibility index (Phi) is 6.34. The molecule has 4 nitrogen and oxygen atoms in total. The summed E-state index contributed by atoms with van der Waals surface area (Å²) in [6, 6.07) is 27.8. The van der Waals surface area contributed by atoms with Crippen molar-refractivity contribution >= 4 is 49.6 Å². The molecule has 0 fully saturated rings. The molecule has 0 bridgehead atoms. The van der Waals surface area contributed by atoms with Crippen LogP contribution in [0.25, 0.3) is 43.4 Å². The summed E-state index contributed by atoms with van der Waals surface area (Å²) in [5, 5.41) is 19.0. The fourth-order valence-corrected chi connectivity index (χ4v) is 5.80. The molecule has 0 saturated carbocycles. The number of fused-ring (bicyclic) bond motifs is 6. The average Bonchev–Trinajstić information content (AvgIpc) is 3.42. The second-order valence-electron chi connectivity index (χ2n) is 10.2. The molecule has 1 aliphatic carbocycles. The van der Waals surface area contributed by atoms with Crippen LogP contribution < -0.4 is 0 Å². The van der Waals surface area contributed by atoms with Crippen LogP contribution in [0, 0.1) is 16.0 Å². The van der Waals surface area contributed by atoms with Crippen molar-refractivity contribution in [1.82, 2.24) is 4.98 Å². The van der Waals surface area contributed by atoms with Gasteiger partial charge in [0.2, 0.25) is 0 Å². The highest BCUT2D eigenvalue weighted by molar-refractivity contribution is 6.30. The Morgan fingerprint density at radius 2 is 1.58 bits per heavy atom. The number of benzene rings is 5. The van der Waals surface area contributed by atoms with E-state index < -0.39 is 0 Å². The summed E-state index contributed by atoms with van der Waals surface area (Å²) in [5.41, 5.74) is 5.17. The predicted molar refractivity (Wildman–Crippen MR) is 158 cm³/mol. The van der Waals surface area contributed by atoms with Gasteiger partial charge in [-0.2, -0.15) is 0 Å². The smallest absolute Gasteiger partial charge is 0.270 e. The van der Waals surface area contributed by atoms with Gasteiger partial charge in [-0.25, -0.2) is 0 Å². The molecule has 5 heteroatoms. The average molecular weight is 519 g/mol. The number of nitro groups is 1. The first kappa shape index (κ1) is 24.2. The number of nitrogens with zero attached hydrogens (tertiary/aromatic N) is 1. The first-order valence-corrected chi connectivity index (χ1v) is 13.3. The summed E-state index contributed by atoms with van der Waals surface area (Å²) in [6.45, 7) is 2.31. The van der Waals surface area contributed by atoms with Crippen molar-refractivity contribution in [3.8, 4) is 11.1 Å². The first-order chi connectivity index (χ1) is 18.5. The highest BCUT2D eigenvalue weighted by Crippen LogP contribution is 2.41. The van der Waals surface area contributed by atoms with Gasteiger partial charge in [0.25, 0.3) is 5.69 Å². The second kappa shape index (κ2) is 9.96. The van der Waals surface area contributed by atoms with Crippen LogP contribution >= 0.6 is 11.6 Å². The number of hydrogen-bond donors (Lipinski definition) is 1. The fraction of sp³-hybridized carbons (Fsp3) is 0.152. The van der Waals surface area contributed by atoms with Crippen LogP contribution in [0.1, 0.15) is 24.5 Å². The Hall–Kier alpha value is -4.15. The van der Waals surface area contributed by atoms with Crippen LogP contribution in [0.5, 0.6) is 0 Å². The number of aromatic amines is 1. The van der Waals surface area contributed by atoms with E-state index in [2.05, 4.69) is 42.2 Å². The number of hydrogen-bond acceptors (Lipinski definition) is 2. The molecule has 0 amide bonds. The lowest BCUT2D eigenvalue weighted by atomic mass is 9.80. The predicted octanol–water partition coefficient (Wildman–Crippen LogP) is 9.51. The topological polar surface area (TPSA) is 58.9 Å². The zero-order valence-corrected chi connectivity index (χ0v) is 21.8. The second-order valence-corrected chi connectivity index (χ2v) is 10.6. The molecular formula is C33H27ClN2O2. The van der Waals surface area contributed by atoms with E-state index in [0.29, 0.717) is 10.9 Å². The quantitative estimate of drug-likeness (QED) is 0.141. The molecule has 1 heterocycles. The molecule has 0 spiro atoms. The summed E-state index contributed by atoms with van der Waals surface area (Å²) in [4.78, 5) is 14.0. The number of nitrogens with one attached hydrogen (secondary N) is 1. The molecule has 38 heavy (non-hydrogen) atoms. The Labute approximate surface area is 226 Å². The Balaban J connectivity index is 0.000000246. The van der Waals surface area contributed by atoms with Gasteiger partial charge in [-0.3, -0.25) is 10.1 Å². The Morgan fingerprint density at radius 1 is 0.868 bits per heavy atom. The van der Waals surface area contributed by atoms with Gasteiger partial charge in [0, 0.05) is 29.5 Å². The molecule has 1 unspecified atom stereocenters. The van der Waals surface area contributed by atoms with E-state index in [1.54, 1.807) is 12.1 Å². The monoisotopic (exact) mass is 518 g/mol. The third-order valence-corrected chi connectivity index (χ3v) is 7.85. The van der Waals surface area contributed by atoms with Crippen molar-refractivity contribution in [3.63, 3.8) is 0 Å². The van der Waals surface area contributed by atoms with Crippen molar-refractivity contribution < 1.29 is 4.92 Å². The van der Waals surface area contributed by atoms with Crippen molar-refractivity contribution in [2.24, 2.45) is 5.92 Å². The van der Waals surface area contributed by atoms with E-state index in [1.165, 1.54) is 33.7 Å². The van der Waals surface area contributed by atoms with Gasteiger partial charge in [-0.05, 0) is 104 Å². The van der Waals surface area contributed by atoms with Crippen LogP contribution in [-0.2, 0) is 12.8 Å². The number of nitro benzene ring substituents is 1. The van der Waals surface area contributed by atoms with Gasteiger partial charge in [0.1, 0.15) is 0 Å². The number of rotatable bonds is 2. The minimum absolute atomic E-state index is 0.116. The van der Waals surface area contributed by atoms with Gasteiger partial charge in [0.05, 0.1) is 4.92 Å². The van der Waals surface area contributed by atoms with Crippen molar-refractivity contribution in [1.29, 1.82) is 0 Å². The molecule has 1 aliphatic rings. The van der Waals surface area contributed by atoms with Crippen LogP contribution in [-0.4, -0.2) is 9.91 Å². The maximum atomic E-state index is 11.3. The zero-order chi connectivity index (χ0) is 26.2. The maximum Gasteiger partial charge on any atom is 0.270 e. The van der Waals surface area contributed by atoms with E-state index in [0.717, 1.165) is 40.1 Å². The Morgan fingerprint density at radius 3 is 2.29 bits per heavy atom. The van der Waals surface area contributed by atoms with E-state index in [-0.39, 0.29) is 10.6 Å². The lowest BCUT2D eigenvalue weighted by molar-refractivity contribution is -0.384.